The zero-order valence-corrected chi connectivity index (χ0v) is 18.2. The maximum atomic E-state index is 12.3. The zero-order valence-electron chi connectivity index (χ0n) is 18.2. The van der Waals surface area contributed by atoms with Gasteiger partial charge in [0, 0.05) is 0 Å². The Morgan fingerprint density at radius 2 is 1.17 bits per heavy atom. The van der Waals surface area contributed by atoms with Crippen molar-refractivity contribution in [2.24, 2.45) is 5.92 Å². The second-order valence-electron chi connectivity index (χ2n) is 7.76. The summed E-state index contributed by atoms with van der Waals surface area (Å²) in [5.41, 5.74) is 5.35. The summed E-state index contributed by atoms with van der Waals surface area (Å²) in [6.45, 7) is 10.7. The molecule has 2 rings (SSSR count). The molecule has 4 nitrogen and oxygen atoms in total. The van der Waals surface area contributed by atoms with Crippen molar-refractivity contribution in [2.45, 2.75) is 53.9 Å². The van der Waals surface area contributed by atoms with Crippen LogP contribution in [-0.4, -0.2) is 25.2 Å². The van der Waals surface area contributed by atoms with Crippen molar-refractivity contribution in [2.75, 3.05) is 13.2 Å². The van der Waals surface area contributed by atoms with Crippen molar-refractivity contribution >= 4 is 11.9 Å². The zero-order chi connectivity index (χ0) is 21.4. The molecule has 0 aromatic heterocycles. The Labute approximate surface area is 174 Å². The summed E-state index contributed by atoms with van der Waals surface area (Å²) in [4.78, 5) is 24.5. The lowest BCUT2D eigenvalue weighted by molar-refractivity contribution is 0.0441. The molecule has 0 radical (unpaired) electrons. The lowest BCUT2D eigenvalue weighted by atomic mass is 9.99. The smallest absolute Gasteiger partial charge is 0.338 e. The summed E-state index contributed by atoms with van der Waals surface area (Å²) in [6, 6.07) is 11.4. The van der Waals surface area contributed by atoms with Gasteiger partial charge in [-0.15, -0.1) is 0 Å². The third-order valence-electron chi connectivity index (χ3n) is 5.30. The van der Waals surface area contributed by atoms with Crippen LogP contribution < -0.4 is 0 Å². The second-order valence-corrected chi connectivity index (χ2v) is 7.76. The summed E-state index contributed by atoms with van der Waals surface area (Å²) in [5.74, 6) is -0.217. The Bertz CT molecular complexity index is 784. The predicted octanol–water partition coefficient (Wildman–Crippen LogP) is 5.74. The fourth-order valence-electron chi connectivity index (χ4n) is 3.43. The Hall–Kier alpha value is -2.62. The first-order valence-electron chi connectivity index (χ1n) is 10.3. The summed E-state index contributed by atoms with van der Waals surface area (Å²) < 4.78 is 10.9. The van der Waals surface area contributed by atoms with Crippen molar-refractivity contribution in [3.63, 3.8) is 0 Å². The first-order valence-corrected chi connectivity index (χ1v) is 10.3. The van der Waals surface area contributed by atoms with E-state index >= 15 is 0 Å². The number of benzene rings is 2. The number of hydrogen-bond donors (Lipinski definition) is 0. The van der Waals surface area contributed by atoms with Gasteiger partial charge in [0.15, 0.2) is 0 Å². The van der Waals surface area contributed by atoms with E-state index in [1.54, 1.807) is 0 Å². The van der Waals surface area contributed by atoms with Crippen LogP contribution in [0.25, 0.3) is 0 Å². The van der Waals surface area contributed by atoms with Crippen LogP contribution in [0.3, 0.4) is 0 Å². The van der Waals surface area contributed by atoms with E-state index in [1.807, 2.05) is 64.1 Å². The molecule has 0 aliphatic rings. The number of rotatable bonds is 9. The fraction of sp³-hybridized carbons (Fsp3) is 0.440. The number of aryl methyl sites for hydroxylation is 4. The van der Waals surface area contributed by atoms with E-state index in [1.165, 1.54) is 0 Å². The standard InChI is InChI=1S/C25H32O4/c1-6-21(11-13-28-24(26)22-9-7-17(2)15-19(22)4)12-14-29-25(27)23-10-8-18(3)16-20(23)5/h7-10,15-16,21H,6,11-14H2,1-5H3. The van der Waals surface area contributed by atoms with Crippen LogP contribution in [0.15, 0.2) is 36.4 Å². The van der Waals surface area contributed by atoms with Crippen LogP contribution in [0.2, 0.25) is 0 Å². The van der Waals surface area contributed by atoms with E-state index in [0.717, 1.165) is 41.5 Å². The van der Waals surface area contributed by atoms with Gasteiger partial charge in [0.2, 0.25) is 0 Å². The van der Waals surface area contributed by atoms with Gasteiger partial charge in [0.1, 0.15) is 0 Å². The average Bonchev–Trinajstić information content (AvgIpc) is 2.66. The molecule has 0 heterocycles. The maximum absolute atomic E-state index is 12.3. The third-order valence-corrected chi connectivity index (χ3v) is 5.30. The number of ether oxygens (including phenoxy) is 2. The van der Waals surface area contributed by atoms with Crippen LogP contribution in [0.5, 0.6) is 0 Å². The molecule has 0 saturated heterocycles. The summed E-state index contributed by atoms with van der Waals surface area (Å²) in [6.07, 6.45) is 2.46. The molecule has 0 N–H and O–H groups in total. The lowest BCUT2D eigenvalue weighted by Crippen LogP contribution is -2.14. The van der Waals surface area contributed by atoms with Gasteiger partial charge in [-0.3, -0.25) is 0 Å². The number of esters is 2. The number of carbonyl (C=O) groups is 2. The first-order chi connectivity index (χ1) is 13.8. The van der Waals surface area contributed by atoms with E-state index in [4.69, 9.17) is 9.47 Å². The summed E-state index contributed by atoms with van der Waals surface area (Å²) in [5, 5.41) is 0. The maximum Gasteiger partial charge on any atom is 0.338 e. The Morgan fingerprint density at radius 1 is 0.759 bits per heavy atom. The predicted molar refractivity (Wildman–Crippen MR) is 115 cm³/mol. The molecular weight excluding hydrogens is 364 g/mol. The fourth-order valence-corrected chi connectivity index (χ4v) is 3.43. The molecule has 0 fully saturated rings. The van der Waals surface area contributed by atoms with Crippen LogP contribution in [0.4, 0.5) is 0 Å². The van der Waals surface area contributed by atoms with Crippen molar-refractivity contribution in [3.8, 4) is 0 Å². The Kier molecular flexibility index (Phi) is 8.44. The minimum atomic E-state index is -0.279. The van der Waals surface area contributed by atoms with Gasteiger partial charge >= 0.3 is 11.9 Å². The van der Waals surface area contributed by atoms with E-state index in [-0.39, 0.29) is 11.9 Å². The van der Waals surface area contributed by atoms with E-state index in [9.17, 15) is 9.59 Å². The number of hydrogen-bond acceptors (Lipinski definition) is 4. The van der Waals surface area contributed by atoms with Gasteiger partial charge in [-0.25, -0.2) is 9.59 Å². The van der Waals surface area contributed by atoms with Crippen LogP contribution in [-0.2, 0) is 9.47 Å². The van der Waals surface area contributed by atoms with E-state index in [0.29, 0.717) is 30.3 Å². The van der Waals surface area contributed by atoms with Gasteiger partial charge < -0.3 is 9.47 Å². The summed E-state index contributed by atoms with van der Waals surface area (Å²) in [7, 11) is 0. The minimum Gasteiger partial charge on any atom is -0.462 e. The van der Waals surface area contributed by atoms with E-state index < -0.39 is 0 Å². The Balaban J connectivity index is 1.76. The molecule has 2 aromatic rings. The van der Waals surface area contributed by atoms with Crippen molar-refractivity contribution < 1.29 is 19.1 Å². The summed E-state index contributed by atoms with van der Waals surface area (Å²) >= 11 is 0. The third kappa shape index (κ3) is 6.74. The van der Waals surface area contributed by atoms with Gasteiger partial charge in [-0.05, 0) is 69.7 Å². The highest BCUT2D eigenvalue weighted by Gasteiger charge is 2.14. The van der Waals surface area contributed by atoms with Crippen LogP contribution in [0, 0.1) is 33.6 Å². The molecule has 0 aliphatic heterocycles. The second kappa shape index (κ2) is 10.8. The monoisotopic (exact) mass is 396 g/mol. The molecule has 0 amide bonds. The molecule has 156 valence electrons. The van der Waals surface area contributed by atoms with Crippen molar-refractivity contribution in [1.82, 2.24) is 0 Å². The highest BCUT2D eigenvalue weighted by atomic mass is 16.5. The average molecular weight is 397 g/mol. The van der Waals surface area contributed by atoms with Gasteiger partial charge in [-0.2, -0.15) is 0 Å². The normalized spacial score (nSPS) is 10.8. The van der Waals surface area contributed by atoms with Crippen molar-refractivity contribution in [1.29, 1.82) is 0 Å². The quantitative estimate of drug-likeness (QED) is 0.507. The highest BCUT2D eigenvalue weighted by molar-refractivity contribution is 5.91. The molecule has 0 bridgehead atoms. The topological polar surface area (TPSA) is 52.6 Å². The largest absolute Gasteiger partial charge is 0.462 e. The van der Waals surface area contributed by atoms with Gasteiger partial charge in [0.05, 0.1) is 24.3 Å². The molecule has 2 aromatic carbocycles. The van der Waals surface area contributed by atoms with Crippen molar-refractivity contribution in [3.05, 3.63) is 69.8 Å². The molecular formula is C25H32O4. The molecule has 4 heteroatoms. The molecule has 0 saturated carbocycles. The van der Waals surface area contributed by atoms with Crippen LogP contribution >= 0.6 is 0 Å². The lowest BCUT2D eigenvalue weighted by Gasteiger charge is -2.15. The highest BCUT2D eigenvalue weighted by Crippen LogP contribution is 2.17. The molecule has 0 unspecified atom stereocenters. The van der Waals surface area contributed by atoms with Crippen LogP contribution in [0.1, 0.15) is 69.2 Å². The molecule has 0 atom stereocenters. The van der Waals surface area contributed by atoms with Gasteiger partial charge in [0.25, 0.3) is 0 Å². The Morgan fingerprint density at radius 3 is 1.52 bits per heavy atom. The number of carbonyl (C=O) groups excluding carboxylic acids is 2. The van der Waals surface area contributed by atoms with Gasteiger partial charge in [-0.1, -0.05) is 48.7 Å². The minimum absolute atomic E-state index is 0.279. The molecule has 0 aliphatic carbocycles. The molecule has 0 spiro atoms. The van der Waals surface area contributed by atoms with E-state index in [2.05, 4.69) is 6.92 Å². The SMILES string of the molecule is CCC(CCOC(=O)c1ccc(C)cc1C)CCOC(=O)c1ccc(C)cc1C. The molecule has 29 heavy (non-hydrogen) atoms. The first kappa shape index (κ1) is 22.7.